The first kappa shape index (κ1) is 18.6. The van der Waals surface area contributed by atoms with Gasteiger partial charge in [-0.2, -0.15) is 0 Å². The zero-order chi connectivity index (χ0) is 20.2. The molecule has 0 atom stereocenters. The number of nitrogens with zero attached hydrogens (tertiary/aromatic N) is 2. The second-order valence-electron chi connectivity index (χ2n) is 6.08. The number of esters is 1. The zero-order valence-electron chi connectivity index (χ0n) is 15.0. The summed E-state index contributed by atoms with van der Waals surface area (Å²) in [5, 5.41) is 12.1. The van der Waals surface area contributed by atoms with Gasteiger partial charge in [-0.15, -0.1) is 0 Å². The maximum Gasteiger partial charge on any atom is 0.343 e. The van der Waals surface area contributed by atoms with Crippen LogP contribution in [-0.4, -0.2) is 15.9 Å². The molecule has 0 unspecified atom stereocenters. The minimum Gasteiger partial charge on any atom is -0.413 e. The number of hydrogen-bond acceptors (Lipinski definition) is 6. The summed E-state index contributed by atoms with van der Waals surface area (Å²) in [4.78, 5) is 29.6. The summed E-state index contributed by atoms with van der Waals surface area (Å²) in [6.07, 6.45) is 1.50. The van der Waals surface area contributed by atoms with E-state index in [2.05, 4.69) is 4.98 Å². The van der Waals surface area contributed by atoms with Crippen molar-refractivity contribution >= 4 is 34.3 Å². The second kappa shape index (κ2) is 8.12. The number of rotatable bonds is 5. The summed E-state index contributed by atoms with van der Waals surface area (Å²) in [7, 11) is 0. The highest BCUT2D eigenvalue weighted by Crippen LogP contribution is 2.35. The Morgan fingerprint density at radius 3 is 2.52 bits per heavy atom. The van der Waals surface area contributed by atoms with Crippen molar-refractivity contribution < 1.29 is 14.5 Å². The molecule has 0 aliphatic heterocycles. The molecular formula is C22H14N2O4S. The van der Waals surface area contributed by atoms with E-state index in [9.17, 15) is 14.9 Å². The second-order valence-corrected chi connectivity index (χ2v) is 7.23. The SMILES string of the molecule is O=C(Oc1c([N+](=O)[O-])ccc2cccnc12)c1cccc(Sc2ccccc2)c1. The lowest BCUT2D eigenvalue weighted by atomic mass is 10.2. The van der Waals surface area contributed by atoms with Crippen molar-refractivity contribution in [1.82, 2.24) is 4.98 Å². The maximum atomic E-state index is 12.8. The average Bonchev–Trinajstić information content (AvgIpc) is 2.74. The molecule has 0 aliphatic carbocycles. The van der Waals surface area contributed by atoms with Crippen molar-refractivity contribution in [3.63, 3.8) is 0 Å². The minimum atomic E-state index is -0.679. The van der Waals surface area contributed by atoms with E-state index in [1.807, 2.05) is 36.4 Å². The number of ether oxygens (including phenoxy) is 1. The number of aromatic nitrogens is 1. The Labute approximate surface area is 170 Å². The molecule has 0 N–H and O–H groups in total. The number of pyridine rings is 1. The van der Waals surface area contributed by atoms with Gasteiger partial charge in [0, 0.05) is 27.4 Å². The molecule has 1 heterocycles. The van der Waals surface area contributed by atoms with Crippen LogP contribution in [0.25, 0.3) is 10.9 Å². The highest BCUT2D eigenvalue weighted by Gasteiger charge is 2.23. The topological polar surface area (TPSA) is 82.3 Å². The first-order valence-electron chi connectivity index (χ1n) is 8.69. The number of fused-ring (bicyclic) bond motifs is 1. The largest absolute Gasteiger partial charge is 0.413 e. The van der Waals surface area contributed by atoms with Crippen molar-refractivity contribution in [3.8, 4) is 5.75 Å². The van der Waals surface area contributed by atoms with E-state index in [-0.39, 0.29) is 17.0 Å². The maximum absolute atomic E-state index is 12.8. The first-order valence-corrected chi connectivity index (χ1v) is 9.51. The Hall–Kier alpha value is -3.71. The summed E-state index contributed by atoms with van der Waals surface area (Å²) < 4.78 is 5.46. The Morgan fingerprint density at radius 1 is 0.931 bits per heavy atom. The molecule has 0 bridgehead atoms. The van der Waals surface area contributed by atoms with Crippen LogP contribution in [0.4, 0.5) is 5.69 Å². The third kappa shape index (κ3) is 4.09. The van der Waals surface area contributed by atoms with Crippen molar-refractivity contribution in [2.75, 3.05) is 0 Å². The standard InChI is InChI=1S/C22H14N2O4S/c25-22(16-6-4-10-18(14-16)29-17-8-2-1-3-9-17)28-21-19(24(26)27)12-11-15-7-5-13-23-20(15)21/h1-14H. The van der Waals surface area contributed by atoms with Crippen LogP contribution in [0.5, 0.6) is 5.75 Å². The van der Waals surface area contributed by atoms with Crippen molar-refractivity contribution in [3.05, 3.63) is 101 Å². The van der Waals surface area contributed by atoms with Gasteiger partial charge in [0.1, 0.15) is 5.52 Å². The van der Waals surface area contributed by atoms with Gasteiger partial charge in [0.05, 0.1) is 10.5 Å². The van der Waals surface area contributed by atoms with Gasteiger partial charge >= 0.3 is 11.7 Å². The van der Waals surface area contributed by atoms with E-state index in [0.717, 1.165) is 9.79 Å². The van der Waals surface area contributed by atoms with Crippen LogP contribution in [0.1, 0.15) is 10.4 Å². The van der Waals surface area contributed by atoms with Gasteiger partial charge in [0.2, 0.25) is 5.75 Å². The molecule has 4 rings (SSSR count). The summed E-state index contributed by atoms with van der Waals surface area (Å²) in [5.41, 5.74) is 0.261. The molecular weight excluding hydrogens is 388 g/mol. The summed E-state index contributed by atoms with van der Waals surface area (Å²) in [6, 6.07) is 23.1. The van der Waals surface area contributed by atoms with Crippen LogP contribution in [0.3, 0.4) is 0 Å². The number of carbonyl (C=O) groups excluding carboxylic acids is 1. The van der Waals surface area contributed by atoms with E-state index in [1.54, 1.807) is 36.4 Å². The van der Waals surface area contributed by atoms with Crippen LogP contribution >= 0.6 is 11.8 Å². The van der Waals surface area contributed by atoms with E-state index in [0.29, 0.717) is 10.9 Å². The van der Waals surface area contributed by atoms with Crippen LogP contribution < -0.4 is 4.74 Å². The van der Waals surface area contributed by atoms with E-state index >= 15 is 0 Å². The number of hydrogen-bond donors (Lipinski definition) is 0. The summed E-state index contributed by atoms with van der Waals surface area (Å²) in [5.74, 6) is -0.832. The number of nitro benzene ring substituents is 1. The molecule has 4 aromatic rings. The molecule has 0 fully saturated rings. The number of benzene rings is 3. The van der Waals surface area contributed by atoms with Gasteiger partial charge in [-0.1, -0.05) is 42.1 Å². The first-order chi connectivity index (χ1) is 14.1. The molecule has 7 heteroatoms. The van der Waals surface area contributed by atoms with Gasteiger partial charge in [-0.3, -0.25) is 15.1 Å². The highest BCUT2D eigenvalue weighted by molar-refractivity contribution is 7.99. The molecule has 0 aliphatic rings. The average molecular weight is 402 g/mol. The monoisotopic (exact) mass is 402 g/mol. The highest BCUT2D eigenvalue weighted by atomic mass is 32.2. The quantitative estimate of drug-likeness (QED) is 0.189. The fourth-order valence-electron chi connectivity index (χ4n) is 2.81. The van der Waals surface area contributed by atoms with E-state index < -0.39 is 10.9 Å². The molecule has 0 saturated heterocycles. The number of carbonyl (C=O) groups is 1. The molecule has 1 aromatic heterocycles. The van der Waals surface area contributed by atoms with Crippen molar-refractivity contribution in [2.45, 2.75) is 9.79 Å². The predicted molar refractivity (Wildman–Crippen MR) is 110 cm³/mol. The molecule has 142 valence electrons. The van der Waals surface area contributed by atoms with Gasteiger partial charge < -0.3 is 4.74 Å². The van der Waals surface area contributed by atoms with Crippen molar-refractivity contribution in [2.24, 2.45) is 0 Å². The number of nitro groups is 1. The zero-order valence-corrected chi connectivity index (χ0v) is 15.8. The Bertz CT molecular complexity index is 1210. The lowest BCUT2D eigenvalue weighted by molar-refractivity contribution is -0.385. The fraction of sp³-hybridized carbons (Fsp3) is 0. The van der Waals surface area contributed by atoms with Crippen LogP contribution in [0, 0.1) is 10.1 Å². The summed E-state index contributed by atoms with van der Waals surface area (Å²) in [6.45, 7) is 0. The molecule has 0 spiro atoms. The van der Waals surface area contributed by atoms with E-state index in [1.165, 1.54) is 24.0 Å². The van der Waals surface area contributed by atoms with Crippen LogP contribution in [-0.2, 0) is 0 Å². The minimum absolute atomic E-state index is 0.154. The van der Waals surface area contributed by atoms with Gasteiger partial charge in [0.25, 0.3) is 0 Å². The smallest absolute Gasteiger partial charge is 0.343 e. The third-order valence-electron chi connectivity index (χ3n) is 4.15. The Balaban J connectivity index is 1.66. The Kier molecular flexibility index (Phi) is 5.22. The third-order valence-corrected chi connectivity index (χ3v) is 5.15. The molecule has 3 aromatic carbocycles. The van der Waals surface area contributed by atoms with Gasteiger partial charge in [0.15, 0.2) is 0 Å². The van der Waals surface area contributed by atoms with Gasteiger partial charge in [-0.25, -0.2) is 4.79 Å². The predicted octanol–water partition coefficient (Wildman–Crippen LogP) is 5.51. The molecule has 0 amide bonds. The van der Waals surface area contributed by atoms with Crippen molar-refractivity contribution in [1.29, 1.82) is 0 Å². The van der Waals surface area contributed by atoms with Crippen LogP contribution in [0.2, 0.25) is 0 Å². The lowest BCUT2D eigenvalue weighted by Crippen LogP contribution is -2.10. The molecule has 0 saturated carbocycles. The lowest BCUT2D eigenvalue weighted by Gasteiger charge is -2.09. The normalized spacial score (nSPS) is 10.6. The molecule has 29 heavy (non-hydrogen) atoms. The molecule has 0 radical (unpaired) electrons. The summed E-state index contributed by atoms with van der Waals surface area (Å²) >= 11 is 1.51. The Morgan fingerprint density at radius 2 is 1.72 bits per heavy atom. The van der Waals surface area contributed by atoms with Crippen LogP contribution in [0.15, 0.2) is 94.9 Å². The van der Waals surface area contributed by atoms with Gasteiger partial charge in [-0.05, 0) is 42.5 Å². The van der Waals surface area contributed by atoms with E-state index in [4.69, 9.17) is 4.74 Å². The fourth-order valence-corrected chi connectivity index (χ4v) is 3.71. The molecule has 6 nitrogen and oxygen atoms in total.